The number of aromatic nitrogens is 3. The van der Waals surface area contributed by atoms with Crippen LogP contribution in [0.15, 0.2) is 77.6 Å². The molecule has 1 atom stereocenters. The van der Waals surface area contributed by atoms with E-state index in [1.165, 1.54) is 0 Å². The van der Waals surface area contributed by atoms with Crippen molar-refractivity contribution in [2.75, 3.05) is 54.9 Å². The van der Waals surface area contributed by atoms with E-state index in [1.807, 2.05) is 73.9 Å². The van der Waals surface area contributed by atoms with E-state index in [9.17, 15) is 24.0 Å². The fourth-order valence-electron chi connectivity index (χ4n) is 7.14. The number of piperazine rings is 1. The van der Waals surface area contributed by atoms with E-state index in [-0.39, 0.29) is 29.4 Å². The summed E-state index contributed by atoms with van der Waals surface area (Å²) < 4.78 is 13.4. The van der Waals surface area contributed by atoms with E-state index in [4.69, 9.17) is 9.26 Å². The zero-order valence-electron chi connectivity index (χ0n) is 31.2. The highest BCUT2D eigenvalue weighted by Gasteiger charge is 2.44. The van der Waals surface area contributed by atoms with Crippen molar-refractivity contribution < 1.29 is 33.2 Å². The molecular formula is C40H41N9O7. The zero-order valence-corrected chi connectivity index (χ0v) is 31.2. The molecule has 8 rings (SSSR count). The molecule has 6 amide bonds. The average Bonchev–Trinajstić information content (AvgIpc) is 3.89. The summed E-state index contributed by atoms with van der Waals surface area (Å²) in [5, 5.41) is 11.7. The van der Waals surface area contributed by atoms with E-state index in [0.717, 1.165) is 65.8 Å². The Morgan fingerprint density at radius 3 is 2.38 bits per heavy atom. The summed E-state index contributed by atoms with van der Waals surface area (Å²) in [7, 11) is 0. The summed E-state index contributed by atoms with van der Waals surface area (Å²) in [5.74, 6) is -0.303. The number of hydrogen-bond donors (Lipinski definition) is 3. The summed E-state index contributed by atoms with van der Waals surface area (Å²) in [6.45, 7) is 10.3. The lowest BCUT2D eigenvalue weighted by Crippen LogP contribution is -2.54. The first kappa shape index (κ1) is 36.4. The molecule has 0 saturated carbocycles. The molecular weight excluding hydrogens is 718 g/mol. The Labute approximate surface area is 321 Å². The molecule has 5 aromatic rings. The van der Waals surface area contributed by atoms with Gasteiger partial charge in [0.2, 0.25) is 11.8 Å². The van der Waals surface area contributed by atoms with Gasteiger partial charge >= 0.3 is 6.03 Å². The van der Waals surface area contributed by atoms with E-state index >= 15 is 0 Å². The molecule has 0 bridgehead atoms. The number of piperidine rings is 1. The number of urea groups is 1. The third kappa shape index (κ3) is 7.30. The van der Waals surface area contributed by atoms with Crippen LogP contribution < -0.4 is 25.6 Å². The molecule has 2 fully saturated rings. The number of nitrogens with one attached hydrogen (secondary N) is 3. The first-order valence-electron chi connectivity index (χ1n) is 18.5. The Bertz CT molecular complexity index is 2350. The predicted molar refractivity (Wildman–Crippen MR) is 206 cm³/mol. The smallest absolute Gasteiger partial charge is 0.324 e. The number of amides is 6. The lowest BCUT2D eigenvalue weighted by atomic mass is 9.93. The third-order valence-electron chi connectivity index (χ3n) is 10.3. The van der Waals surface area contributed by atoms with Crippen LogP contribution in [-0.4, -0.2) is 99.5 Å². The number of ether oxygens (including phenoxy) is 1. The molecule has 0 spiro atoms. The minimum absolute atomic E-state index is 0.0806. The minimum atomic E-state index is -0.987. The average molecular weight is 760 g/mol. The number of carbonyl (C=O) groups excluding carboxylic acids is 5. The molecule has 3 aliphatic heterocycles. The zero-order chi connectivity index (χ0) is 39.1. The molecule has 3 N–H and O–H groups in total. The minimum Gasteiger partial charge on any atom is -0.492 e. The van der Waals surface area contributed by atoms with Crippen LogP contribution in [0.3, 0.4) is 0 Å². The van der Waals surface area contributed by atoms with Gasteiger partial charge in [-0.1, -0.05) is 25.9 Å². The van der Waals surface area contributed by atoms with Crippen molar-refractivity contribution >= 4 is 57.9 Å². The largest absolute Gasteiger partial charge is 0.492 e. The van der Waals surface area contributed by atoms with Gasteiger partial charge in [0.25, 0.3) is 11.8 Å². The topological polar surface area (TPSA) is 184 Å². The van der Waals surface area contributed by atoms with Crippen LogP contribution in [0.1, 0.15) is 60.1 Å². The first-order valence-corrected chi connectivity index (χ1v) is 18.5. The molecule has 5 heterocycles. The maximum absolute atomic E-state index is 13.3. The fourth-order valence-corrected chi connectivity index (χ4v) is 7.14. The molecule has 0 aliphatic carbocycles. The van der Waals surface area contributed by atoms with Gasteiger partial charge in [0.1, 0.15) is 30.5 Å². The van der Waals surface area contributed by atoms with Gasteiger partial charge in [-0.15, -0.1) is 0 Å². The fraction of sp³-hybridized carbons (Fsp3) is 0.325. The van der Waals surface area contributed by atoms with Crippen LogP contribution in [0.2, 0.25) is 0 Å². The highest BCUT2D eigenvalue weighted by molar-refractivity contribution is 6.23. The number of benzene rings is 3. The van der Waals surface area contributed by atoms with Crippen LogP contribution >= 0.6 is 0 Å². The standard InChI is InChI=1S/C40H41N9O7/c1-40(2,3)33-22-34(45-56-33)43-39(54)42-24-4-6-25(7-5-24)48-23-41-30-21-27(9-11-31(30)48)55-19-18-46-14-16-47(17-15-46)26-8-10-28-29(20-26)38(53)49(37(28)52)32-12-13-35(50)44-36(32)51/h4-11,20-23,32H,12-19H2,1-3H3,(H,44,50,51)(H2,42,43,45,54). The number of rotatable bonds is 9. The van der Waals surface area contributed by atoms with Crippen molar-refractivity contribution in [1.29, 1.82) is 0 Å². The molecule has 56 heavy (non-hydrogen) atoms. The van der Waals surface area contributed by atoms with Crippen molar-refractivity contribution in [3.8, 4) is 11.4 Å². The van der Waals surface area contributed by atoms with Gasteiger partial charge in [-0.25, -0.2) is 9.78 Å². The molecule has 16 heteroatoms. The molecule has 2 aromatic heterocycles. The Morgan fingerprint density at radius 2 is 1.64 bits per heavy atom. The van der Waals surface area contributed by atoms with Crippen molar-refractivity contribution in [1.82, 2.24) is 29.8 Å². The predicted octanol–water partition coefficient (Wildman–Crippen LogP) is 4.56. The van der Waals surface area contributed by atoms with Gasteiger partial charge in [-0.05, 0) is 61.0 Å². The van der Waals surface area contributed by atoms with Gasteiger partial charge in [0.05, 0.1) is 22.2 Å². The quantitative estimate of drug-likeness (QED) is 0.179. The Kier molecular flexibility index (Phi) is 9.49. The Balaban J connectivity index is 0.809. The summed E-state index contributed by atoms with van der Waals surface area (Å²) in [5.41, 5.74) is 4.37. The van der Waals surface area contributed by atoms with Gasteiger partial charge in [0.15, 0.2) is 5.82 Å². The van der Waals surface area contributed by atoms with Crippen LogP contribution in [0.5, 0.6) is 5.75 Å². The normalized spacial score (nSPS) is 17.7. The third-order valence-corrected chi connectivity index (χ3v) is 10.3. The van der Waals surface area contributed by atoms with Crippen molar-refractivity contribution in [2.24, 2.45) is 0 Å². The molecule has 2 saturated heterocycles. The monoisotopic (exact) mass is 759 g/mol. The molecule has 1 unspecified atom stereocenters. The summed E-state index contributed by atoms with van der Waals surface area (Å²) in [6.07, 6.45) is 1.96. The second-order valence-electron chi connectivity index (χ2n) is 15.1. The SMILES string of the molecule is CC(C)(C)c1cc(NC(=O)Nc2ccc(-n3cnc4cc(OCCN5CCN(c6ccc7c(c6)C(=O)N(C6CCC(=O)NC6=O)C7=O)CC5)ccc43)cc2)no1. The maximum atomic E-state index is 13.3. The van der Waals surface area contributed by atoms with Crippen molar-refractivity contribution in [2.45, 2.75) is 45.1 Å². The van der Waals surface area contributed by atoms with Gasteiger partial charge in [-0.3, -0.25) is 44.2 Å². The lowest BCUT2D eigenvalue weighted by Gasteiger charge is -2.36. The molecule has 288 valence electrons. The number of anilines is 3. The van der Waals surface area contributed by atoms with E-state index < -0.39 is 35.7 Å². The van der Waals surface area contributed by atoms with Gasteiger partial charge < -0.3 is 19.5 Å². The Hall–Kier alpha value is -6.55. The lowest BCUT2D eigenvalue weighted by molar-refractivity contribution is -0.136. The number of carbonyl (C=O) groups is 5. The van der Waals surface area contributed by atoms with Crippen molar-refractivity contribution in [3.63, 3.8) is 0 Å². The van der Waals surface area contributed by atoms with Gasteiger partial charge in [0, 0.05) is 73.8 Å². The molecule has 3 aliphatic rings. The molecule has 0 radical (unpaired) electrons. The number of imidazole rings is 1. The first-order chi connectivity index (χ1) is 26.9. The maximum Gasteiger partial charge on any atom is 0.324 e. The van der Waals surface area contributed by atoms with Crippen LogP contribution in [-0.2, 0) is 15.0 Å². The highest BCUT2D eigenvalue weighted by atomic mass is 16.5. The number of nitrogens with zero attached hydrogens (tertiary/aromatic N) is 6. The van der Waals surface area contributed by atoms with E-state index in [2.05, 4.69) is 35.9 Å². The van der Waals surface area contributed by atoms with Crippen LogP contribution in [0.25, 0.3) is 16.7 Å². The number of fused-ring (bicyclic) bond motifs is 2. The van der Waals surface area contributed by atoms with E-state index in [0.29, 0.717) is 23.9 Å². The van der Waals surface area contributed by atoms with E-state index in [1.54, 1.807) is 24.5 Å². The highest BCUT2D eigenvalue weighted by Crippen LogP contribution is 2.31. The van der Waals surface area contributed by atoms with Crippen molar-refractivity contribution in [3.05, 3.63) is 89.9 Å². The molecule has 16 nitrogen and oxygen atoms in total. The second-order valence-corrected chi connectivity index (χ2v) is 15.1. The van der Waals surface area contributed by atoms with Gasteiger partial charge in [-0.2, -0.15) is 0 Å². The Morgan fingerprint density at radius 1 is 0.893 bits per heavy atom. The number of hydrogen-bond acceptors (Lipinski definition) is 11. The second kappa shape index (κ2) is 14.6. The van der Waals surface area contributed by atoms with Crippen LogP contribution in [0, 0.1) is 0 Å². The number of imide groups is 2. The summed E-state index contributed by atoms with van der Waals surface area (Å²) >= 11 is 0. The molecule has 3 aromatic carbocycles. The van der Waals surface area contributed by atoms with Crippen LogP contribution in [0.4, 0.5) is 22.0 Å². The summed E-state index contributed by atoms with van der Waals surface area (Å²) in [4.78, 5) is 72.9. The summed E-state index contributed by atoms with van der Waals surface area (Å²) in [6, 6.07) is 18.8.